The van der Waals surface area contributed by atoms with Gasteiger partial charge in [-0.25, -0.2) is 4.52 Å². The number of alkyl halides is 3. The minimum Gasteiger partial charge on any atom is -0.406 e. The molecule has 0 aliphatic carbocycles. The van der Waals surface area contributed by atoms with Gasteiger partial charge in [0.15, 0.2) is 0 Å². The Labute approximate surface area is 210 Å². The van der Waals surface area contributed by atoms with Crippen molar-refractivity contribution in [2.45, 2.75) is 38.6 Å². The van der Waals surface area contributed by atoms with Crippen LogP contribution in [0.15, 0.2) is 60.1 Å². The fraction of sp³-hybridized carbons (Fsp3) is 0.308. The zero-order valence-corrected chi connectivity index (χ0v) is 20.4. The number of anilines is 1. The Morgan fingerprint density at radius 3 is 2.47 bits per heavy atom. The number of fused-ring (bicyclic) bond motifs is 1. The summed E-state index contributed by atoms with van der Waals surface area (Å²) in [5.74, 6) is -0.0212. The number of aryl methyl sites for hydroxylation is 1. The Balaban J connectivity index is 1.13. The van der Waals surface area contributed by atoms with Gasteiger partial charge in [-0.3, -0.25) is 4.79 Å². The van der Waals surface area contributed by atoms with E-state index in [1.54, 1.807) is 16.6 Å². The lowest BCUT2D eigenvalue weighted by molar-refractivity contribution is -0.274. The van der Waals surface area contributed by atoms with Gasteiger partial charge in [-0.05, 0) is 61.1 Å². The Kier molecular flexibility index (Phi) is 6.61. The van der Waals surface area contributed by atoms with Crippen LogP contribution in [0.3, 0.4) is 0 Å². The summed E-state index contributed by atoms with van der Waals surface area (Å²) in [6, 6.07) is 14.4. The number of amides is 1. The summed E-state index contributed by atoms with van der Waals surface area (Å²) in [6.45, 7) is 3.99. The largest absolute Gasteiger partial charge is 0.573 e. The van der Waals surface area contributed by atoms with Crippen LogP contribution in [0.5, 0.6) is 5.75 Å². The minimum absolute atomic E-state index is 0.130. The number of carbonyl (C=O) groups is 1. The first-order valence-corrected chi connectivity index (χ1v) is 12.5. The lowest BCUT2D eigenvalue weighted by Gasteiger charge is -2.34. The van der Waals surface area contributed by atoms with Gasteiger partial charge in [0.25, 0.3) is 5.91 Å². The van der Waals surface area contributed by atoms with Gasteiger partial charge in [0.1, 0.15) is 10.6 Å². The first-order chi connectivity index (χ1) is 17.3. The molecule has 1 aliphatic rings. The number of ether oxygens (including phenoxy) is 1. The molecule has 3 heterocycles. The molecular weight excluding hydrogens is 489 g/mol. The van der Waals surface area contributed by atoms with Gasteiger partial charge in [0, 0.05) is 36.9 Å². The summed E-state index contributed by atoms with van der Waals surface area (Å²) in [7, 11) is 0. The minimum atomic E-state index is -4.68. The molecule has 1 fully saturated rings. The zero-order valence-electron chi connectivity index (χ0n) is 19.6. The zero-order chi connectivity index (χ0) is 25.3. The monoisotopic (exact) mass is 514 g/mol. The average molecular weight is 515 g/mol. The van der Waals surface area contributed by atoms with Gasteiger partial charge in [0.2, 0.25) is 0 Å². The fourth-order valence-electron chi connectivity index (χ4n) is 4.66. The van der Waals surface area contributed by atoms with Crippen molar-refractivity contribution in [1.29, 1.82) is 0 Å². The van der Waals surface area contributed by atoms with E-state index in [0.717, 1.165) is 47.6 Å². The summed E-state index contributed by atoms with van der Waals surface area (Å²) >= 11 is 1.49. The van der Waals surface area contributed by atoms with E-state index in [9.17, 15) is 18.0 Å². The first kappa shape index (κ1) is 24.2. The first-order valence-electron chi connectivity index (χ1n) is 11.7. The number of benzene rings is 2. The van der Waals surface area contributed by atoms with Crippen molar-refractivity contribution in [3.05, 3.63) is 82.5 Å². The second-order valence-corrected chi connectivity index (χ2v) is 9.73. The number of rotatable bonds is 6. The highest BCUT2D eigenvalue weighted by Crippen LogP contribution is 2.32. The molecule has 6 nitrogen and oxygen atoms in total. The maximum absolute atomic E-state index is 12.7. The Hall–Kier alpha value is -3.53. The lowest BCUT2D eigenvalue weighted by Crippen LogP contribution is -2.32. The summed E-state index contributed by atoms with van der Waals surface area (Å²) in [6.07, 6.45) is -1.00. The molecule has 2 aromatic heterocycles. The van der Waals surface area contributed by atoms with Crippen LogP contribution in [-0.2, 0) is 6.54 Å². The molecule has 0 spiro atoms. The van der Waals surface area contributed by atoms with Crippen LogP contribution in [0.25, 0.3) is 4.83 Å². The van der Waals surface area contributed by atoms with E-state index in [-0.39, 0.29) is 11.7 Å². The molecule has 0 unspecified atom stereocenters. The number of nitrogens with zero attached hydrogens (tertiary/aromatic N) is 3. The molecular formula is C26H25F3N4O2S. The van der Waals surface area contributed by atoms with E-state index in [1.807, 2.05) is 30.6 Å². The number of halogens is 3. The van der Waals surface area contributed by atoms with Gasteiger partial charge >= 0.3 is 6.36 Å². The molecule has 10 heteroatoms. The lowest BCUT2D eigenvalue weighted by atomic mass is 9.89. The van der Waals surface area contributed by atoms with Crippen LogP contribution in [0.4, 0.5) is 18.9 Å². The van der Waals surface area contributed by atoms with Crippen molar-refractivity contribution < 1.29 is 22.7 Å². The van der Waals surface area contributed by atoms with Gasteiger partial charge < -0.3 is 15.0 Å². The molecule has 36 heavy (non-hydrogen) atoms. The Morgan fingerprint density at radius 1 is 1.11 bits per heavy atom. The van der Waals surface area contributed by atoms with Crippen LogP contribution in [0.2, 0.25) is 0 Å². The van der Waals surface area contributed by atoms with E-state index in [1.165, 1.54) is 23.5 Å². The second-order valence-electron chi connectivity index (χ2n) is 8.84. The number of aromatic nitrogens is 2. The van der Waals surface area contributed by atoms with Crippen LogP contribution in [-0.4, -0.2) is 35.0 Å². The van der Waals surface area contributed by atoms with Crippen molar-refractivity contribution in [3.63, 3.8) is 0 Å². The van der Waals surface area contributed by atoms with Gasteiger partial charge in [-0.15, -0.1) is 24.5 Å². The van der Waals surface area contributed by atoms with E-state index in [2.05, 4.69) is 32.2 Å². The van der Waals surface area contributed by atoms with Crippen LogP contribution in [0, 0.1) is 6.92 Å². The fourth-order valence-corrected chi connectivity index (χ4v) is 5.54. The van der Waals surface area contributed by atoms with Crippen molar-refractivity contribution in [2.75, 3.05) is 18.0 Å². The molecule has 1 aliphatic heterocycles. The highest BCUT2D eigenvalue weighted by molar-refractivity contribution is 7.16. The van der Waals surface area contributed by atoms with Crippen LogP contribution >= 0.6 is 11.3 Å². The number of piperidine rings is 1. The van der Waals surface area contributed by atoms with Crippen LogP contribution in [0.1, 0.15) is 45.9 Å². The molecule has 1 saturated heterocycles. The number of nitrogens with one attached hydrogen (secondary N) is 1. The van der Waals surface area contributed by atoms with Crippen molar-refractivity contribution in [1.82, 2.24) is 14.9 Å². The third-order valence-electron chi connectivity index (χ3n) is 6.48. The predicted octanol–water partition coefficient (Wildman–Crippen LogP) is 5.92. The average Bonchev–Trinajstić information content (AvgIpc) is 3.42. The normalized spacial score (nSPS) is 14.8. The number of carbonyl (C=O) groups excluding carboxylic acids is 1. The van der Waals surface area contributed by atoms with Gasteiger partial charge in [-0.1, -0.05) is 24.3 Å². The van der Waals surface area contributed by atoms with E-state index >= 15 is 0 Å². The predicted molar refractivity (Wildman–Crippen MR) is 133 cm³/mol. The molecule has 0 atom stereocenters. The third kappa shape index (κ3) is 5.33. The third-order valence-corrected chi connectivity index (χ3v) is 7.36. The molecule has 1 amide bonds. The van der Waals surface area contributed by atoms with Crippen molar-refractivity contribution in [2.24, 2.45) is 0 Å². The Bertz CT molecular complexity index is 1340. The molecule has 188 valence electrons. The standard InChI is InChI=1S/C26H25F3N4O2S/c1-17-23(25-33(31-17)14-15-36-25)24(34)30-16-18-2-6-21(7-3-18)32-12-10-20(11-13-32)19-4-8-22(9-5-19)35-26(27,28)29/h2-9,14-15,20H,10-13,16H2,1H3,(H,30,34). The van der Waals surface area contributed by atoms with Gasteiger partial charge in [-0.2, -0.15) is 5.10 Å². The van der Waals surface area contributed by atoms with Gasteiger partial charge in [0.05, 0.1) is 11.3 Å². The quantitative estimate of drug-likeness (QED) is 0.347. The highest BCUT2D eigenvalue weighted by Gasteiger charge is 2.31. The molecule has 0 saturated carbocycles. The van der Waals surface area contributed by atoms with E-state index in [4.69, 9.17) is 0 Å². The number of hydrogen-bond donors (Lipinski definition) is 1. The smallest absolute Gasteiger partial charge is 0.406 e. The molecule has 0 bridgehead atoms. The van der Waals surface area contributed by atoms with Crippen molar-refractivity contribution in [3.8, 4) is 5.75 Å². The summed E-state index contributed by atoms with van der Waals surface area (Å²) < 4.78 is 42.8. The topological polar surface area (TPSA) is 58.9 Å². The second kappa shape index (κ2) is 9.85. The van der Waals surface area contributed by atoms with Crippen molar-refractivity contribution >= 4 is 27.8 Å². The molecule has 4 aromatic rings. The number of hydrogen-bond acceptors (Lipinski definition) is 5. The maximum Gasteiger partial charge on any atom is 0.573 e. The van der Waals surface area contributed by atoms with E-state index in [0.29, 0.717) is 23.7 Å². The molecule has 1 N–H and O–H groups in total. The molecule has 5 rings (SSSR count). The SMILES string of the molecule is Cc1nn2ccsc2c1C(=O)NCc1ccc(N2CCC(c3ccc(OC(F)(F)F)cc3)CC2)cc1. The van der Waals surface area contributed by atoms with E-state index < -0.39 is 6.36 Å². The maximum atomic E-state index is 12.7. The summed E-state index contributed by atoms with van der Waals surface area (Å²) in [4.78, 5) is 15.9. The Morgan fingerprint density at radius 2 is 1.81 bits per heavy atom. The summed E-state index contributed by atoms with van der Waals surface area (Å²) in [5, 5.41) is 9.27. The number of thiazole rings is 1. The molecule has 0 radical (unpaired) electrons. The van der Waals surface area contributed by atoms with Crippen LogP contribution < -0.4 is 15.0 Å². The molecule has 2 aromatic carbocycles. The summed E-state index contributed by atoms with van der Waals surface area (Å²) in [5.41, 5.74) is 4.49. The highest BCUT2D eigenvalue weighted by atomic mass is 32.1.